The summed E-state index contributed by atoms with van der Waals surface area (Å²) in [5.41, 5.74) is 0.129. The number of carbonyl (C=O) groups is 3. The number of halogens is 2. The molecule has 0 bridgehead atoms. The molecule has 0 saturated carbocycles. The molecule has 2 aromatic rings. The van der Waals surface area contributed by atoms with Crippen LogP contribution in [0.5, 0.6) is 0 Å². The van der Waals surface area contributed by atoms with Crippen LogP contribution in [0.15, 0.2) is 60.4 Å². The molecule has 180 valence electrons. The first-order valence-corrected chi connectivity index (χ1v) is 10.6. The number of ether oxygens (including phenoxy) is 1. The van der Waals surface area contributed by atoms with Crippen LogP contribution in [-0.2, 0) is 20.9 Å². The molecule has 0 spiro atoms. The Kier molecular flexibility index (Phi) is 7.83. The van der Waals surface area contributed by atoms with Crippen LogP contribution < -0.4 is 21.3 Å². The van der Waals surface area contributed by atoms with E-state index < -0.39 is 41.2 Å². The van der Waals surface area contributed by atoms with Gasteiger partial charge in [-0.25, -0.2) is 13.6 Å². The quantitative estimate of drug-likeness (QED) is 0.472. The predicted molar refractivity (Wildman–Crippen MR) is 120 cm³/mol. The van der Waals surface area contributed by atoms with Crippen molar-refractivity contribution < 1.29 is 27.9 Å². The third-order valence-corrected chi connectivity index (χ3v) is 5.09. The number of alkyl carbamates (subject to hydrolysis) is 1. The van der Waals surface area contributed by atoms with Gasteiger partial charge >= 0.3 is 6.09 Å². The summed E-state index contributed by atoms with van der Waals surface area (Å²) in [5, 5.41) is 10.5. The van der Waals surface area contributed by atoms with Gasteiger partial charge in [0, 0.05) is 29.8 Å². The highest BCUT2D eigenvalue weighted by Crippen LogP contribution is 2.19. The normalized spacial score (nSPS) is 15.5. The van der Waals surface area contributed by atoms with Crippen molar-refractivity contribution in [3.63, 3.8) is 0 Å². The zero-order valence-electron chi connectivity index (χ0n) is 18.8. The van der Waals surface area contributed by atoms with Gasteiger partial charge in [0.2, 0.25) is 5.91 Å². The smallest absolute Gasteiger partial charge is 0.407 e. The van der Waals surface area contributed by atoms with Gasteiger partial charge in [-0.3, -0.25) is 9.59 Å². The molecule has 1 unspecified atom stereocenters. The maximum atomic E-state index is 13.9. The molecular weight excluding hydrogens is 446 g/mol. The van der Waals surface area contributed by atoms with Crippen LogP contribution in [0.4, 0.5) is 13.6 Å². The minimum absolute atomic E-state index is 0.0204. The second-order valence-electron chi connectivity index (χ2n) is 8.42. The van der Waals surface area contributed by atoms with Gasteiger partial charge in [-0.15, -0.1) is 0 Å². The van der Waals surface area contributed by atoms with Gasteiger partial charge in [0.1, 0.15) is 30.1 Å². The predicted octanol–water partition coefficient (Wildman–Crippen LogP) is 3.13. The van der Waals surface area contributed by atoms with Crippen LogP contribution in [0.25, 0.3) is 0 Å². The van der Waals surface area contributed by atoms with E-state index in [1.807, 2.05) is 30.3 Å². The Morgan fingerprint density at radius 1 is 1.12 bits per heavy atom. The topological polar surface area (TPSA) is 109 Å². The highest BCUT2D eigenvalue weighted by atomic mass is 19.1. The number of hydrogen-bond donors (Lipinski definition) is 4. The van der Waals surface area contributed by atoms with E-state index in [2.05, 4.69) is 21.3 Å². The molecule has 1 aliphatic heterocycles. The standard InChI is InChI=1S/C24H26F2N4O4/c1-24(2,30-23(33)34-14-15-6-4-3-5-7-15)11-10-20(31)28-19-13-27-21(29-22(19)32)17-9-8-16(25)12-18(17)26/h3-9,12-13,21,27H,10-11,14H2,1-2H3,(H,28,31)(H,29,32)(H,30,33). The summed E-state index contributed by atoms with van der Waals surface area (Å²) in [6.45, 7) is 3.63. The second kappa shape index (κ2) is 10.8. The molecular formula is C24H26F2N4O4. The average Bonchev–Trinajstić information content (AvgIpc) is 2.78. The van der Waals surface area contributed by atoms with Gasteiger partial charge < -0.3 is 26.0 Å². The van der Waals surface area contributed by atoms with Crippen LogP contribution in [-0.4, -0.2) is 23.4 Å². The number of carbonyl (C=O) groups excluding carboxylic acids is 3. The summed E-state index contributed by atoms with van der Waals surface area (Å²) < 4.78 is 32.2. The molecule has 0 aliphatic carbocycles. The third-order valence-electron chi connectivity index (χ3n) is 5.09. The van der Waals surface area contributed by atoms with Crippen molar-refractivity contribution in [1.29, 1.82) is 0 Å². The van der Waals surface area contributed by atoms with E-state index in [0.29, 0.717) is 0 Å². The number of benzene rings is 2. The summed E-state index contributed by atoms with van der Waals surface area (Å²) in [4.78, 5) is 36.7. The molecule has 3 rings (SSSR count). The monoisotopic (exact) mass is 472 g/mol. The van der Waals surface area contributed by atoms with Crippen LogP contribution in [0, 0.1) is 11.6 Å². The Hall–Kier alpha value is -3.95. The van der Waals surface area contributed by atoms with Gasteiger partial charge in [-0.05, 0) is 38.0 Å². The highest BCUT2D eigenvalue weighted by Gasteiger charge is 2.26. The van der Waals surface area contributed by atoms with Gasteiger partial charge in [0.25, 0.3) is 5.91 Å². The lowest BCUT2D eigenvalue weighted by Gasteiger charge is -2.27. The van der Waals surface area contributed by atoms with Gasteiger partial charge in [0.05, 0.1) is 0 Å². The molecule has 2 aromatic carbocycles. The van der Waals surface area contributed by atoms with E-state index in [0.717, 1.165) is 17.7 Å². The van der Waals surface area contributed by atoms with E-state index in [-0.39, 0.29) is 30.7 Å². The third kappa shape index (κ3) is 7.03. The molecule has 0 aromatic heterocycles. The highest BCUT2D eigenvalue weighted by molar-refractivity contribution is 5.98. The largest absolute Gasteiger partial charge is 0.445 e. The first-order valence-electron chi connectivity index (χ1n) is 10.6. The first kappa shape index (κ1) is 24.7. The van der Waals surface area contributed by atoms with E-state index in [1.54, 1.807) is 13.8 Å². The fourth-order valence-corrected chi connectivity index (χ4v) is 3.22. The molecule has 4 N–H and O–H groups in total. The van der Waals surface area contributed by atoms with Crippen LogP contribution in [0.3, 0.4) is 0 Å². The molecule has 0 saturated heterocycles. The fourth-order valence-electron chi connectivity index (χ4n) is 3.22. The summed E-state index contributed by atoms with van der Waals surface area (Å²) in [7, 11) is 0. The van der Waals surface area contributed by atoms with Crippen molar-refractivity contribution in [3.05, 3.63) is 83.2 Å². The van der Waals surface area contributed by atoms with Crippen LogP contribution >= 0.6 is 0 Å². The summed E-state index contributed by atoms with van der Waals surface area (Å²) >= 11 is 0. The van der Waals surface area contributed by atoms with E-state index in [1.165, 1.54) is 12.3 Å². The molecule has 1 aliphatic rings. The summed E-state index contributed by atoms with van der Waals surface area (Å²) in [6.07, 6.45) is 0.0530. The lowest BCUT2D eigenvalue weighted by atomic mass is 9.98. The molecule has 1 heterocycles. The molecule has 0 radical (unpaired) electrons. The van der Waals surface area contributed by atoms with Crippen LogP contribution in [0.2, 0.25) is 0 Å². The lowest BCUT2D eigenvalue weighted by molar-refractivity contribution is -0.124. The van der Waals surface area contributed by atoms with E-state index in [9.17, 15) is 23.2 Å². The van der Waals surface area contributed by atoms with E-state index >= 15 is 0 Å². The van der Waals surface area contributed by atoms with Crippen molar-refractivity contribution in [2.75, 3.05) is 0 Å². The van der Waals surface area contributed by atoms with Crippen molar-refractivity contribution >= 4 is 17.9 Å². The maximum Gasteiger partial charge on any atom is 0.407 e. The van der Waals surface area contributed by atoms with Gasteiger partial charge in [-0.1, -0.05) is 30.3 Å². The first-order chi connectivity index (χ1) is 16.1. The van der Waals surface area contributed by atoms with Crippen molar-refractivity contribution in [3.8, 4) is 0 Å². The molecule has 1 atom stereocenters. The van der Waals surface area contributed by atoms with Gasteiger partial charge in [0.15, 0.2) is 0 Å². The zero-order valence-corrected chi connectivity index (χ0v) is 18.8. The Labute approximate surface area is 195 Å². The maximum absolute atomic E-state index is 13.9. The molecule has 10 heteroatoms. The number of amides is 3. The van der Waals surface area contributed by atoms with Gasteiger partial charge in [-0.2, -0.15) is 0 Å². The van der Waals surface area contributed by atoms with Crippen molar-refractivity contribution in [2.24, 2.45) is 0 Å². The number of hydrogen-bond acceptors (Lipinski definition) is 5. The Morgan fingerprint density at radius 2 is 1.85 bits per heavy atom. The second-order valence-corrected chi connectivity index (χ2v) is 8.42. The van der Waals surface area contributed by atoms with Crippen LogP contribution in [0.1, 0.15) is 44.0 Å². The Balaban J connectivity index is 1.45. The van der Waals surface area contributed by atoms with Crippen molar-refractivity contribution in [2.45, 2.75) is 45.0 Å². The Bertz CT molecular complexity index is 1090. The zero-order chi connectivity index (χ0) is 24.7. The Morgan fingerprint density at radius 3 is 2.53 bits per heavy atom. The molecule has 3 amide bonds. The van der Waals surface area contributed by atoms with E-state index in [4.69, 9.17) is 4.74 Å². The average molecular weight is 472 g/mol. The fraction of sp³-hybridized carbons (Fsp3) is 0.292. The SMILES string of the molecule is CC(C)(CCC(=O)NC1=CNC(c2ccc(F)cc2F)NC1=O)NC(=O)OCc1ccccc1. The molecule has 8 nitrogen and oxygen atoms in total. The summed E-state index contributed by atoms with van der Waals surface area (Å²) in [5.74, 6) is -2.60. The minimum atomic E-state index is -0.904. The van der Waals surface area contributed by atoms with Crippen molar-refractivity contribution in [1.82, 2.24) is 21.3 Å². The minimum Gasteiger partial charge on any atom is -0.445 e. The summed E-state index contributed by atoms with van der Waals surface area (Å²) in [6, 6.07) is 12.3. The number of nitrogens with one attached hydrogen (secondary N) is 4. The molecule has 34 heavy (non-hydrogen) atoms. The molecule has 0 fully saturated rings. The lowest BCUT2D eigenvalue weighted by Crippen LogP contribution is -2.47. The number of rotatable bonds is 8.